The van der Waals surface area contributed by atoms with Crippen molar-refractivity contribution in [2.75, 3.05) is 18.4 Å². The molecule has 1 aromatic carbocycles. The molecule has 21 heavy (non-hydrogen) atoms. The molecular formula is C15H20N4O2. The van der Waals surface area contributed by atoms with Crippen LogP contribution in [0.25, 0.3) is 0 Å². The minimum absolute atomic E-state index is 0.0849. The van der Waals surface area contributed by atoms with Crippen LogP contribution in [0.4, 0.5) is 11.4 Å². The number of nitriles is 1. The molecule has 0 aromatic heterocycles. The zero-order valence-electron chi connectivity index (χ0n) is 12.3. The van der Waals surface area contributed by atoms with Crippen molar-refractivity contribution < 1.29 is 4.92 Å². The van der Waals surface area contributed by atoms with Crippen molar-refractivity contribution in [2.24, 2.45) is 5.41 Å². The molecular weight excluding hydrogens is 268 g/mol. The van der Waals surface area contributed by atoms with Gasteiger partial charge in [-0.2, -0.15) is 5.26 Å². The van der Waals surface area contributed by atoms with E-state index in [9.17, 15) is 10.1 Å². The number of hydrogen-bond acceptors (Lipinski definition) is 5. The summed E-state index contributed by atoms with van der Waals surface area (Å²) in [7, 11) is 0. The van der Waals surface area contributed by atoms with Crippen molar-refractivity contribution in [3.8, 4) is 6.07 Å². The van der Waals surface area contributed by atoms with Crippen LogP contribution in [0.5, 0.6) is 0 Å². The van der Waals surface area contributed by atoms with E-state index in [4.69, 9.17) is 5.26 Å². The monoisotopic (exact) mass is 288 g/mol. The Kier molecular flexibility index (Phi) is 4.43. The number of anilines is 1. The predicted molar refractivity (Wildman–Crippen MR) is 81.1 cm³/mol. The highest BCUT2D eigenvalue weighted by Crippen LogP contribution is 2.30. The van der Waals surface area contributed by atoms with Gasteiger partial charge in [0.05, 0.1) is 4.92 Å². The van der Waals surface area contributed by atoms with Crippen molar-refractivity contribution in [3.63, 3.8) is 0 Å². The Balaban J connectivity index is 2.08. The molecule has 0 spiro atoms. The first-order valence-electron chi connectivity index (χ1n) is 7.10. The molecule has 1 atom stereocenters. The minimum Gasteiger partial charge on any atom is -0.383 e. The third-order valence-corrected chi connectivity index (χ3v) is 4.16. The van der Waals surface area contributed by atoms with Crippen LogP contribution < -0.4 is 10.6 Å². The van der Waals surface area contributed by atoms with Gasteiger partial charge in [-0.25, -0.2) is 0 Å². The molecule has 1 unspecified atom stereocenters. The van der Waals surface area contributed by atoms with Gasteiger partial charge in [0.1, 0.15) is 11.6 Å². The molecule has 0 amide bonds. The molecule has 1 aliphatic rings. The van der Waals surface area contributed by atoms with Crippen LogP contribution in [0.1, 0.15) is 32.3 Å². The highest BCUT2D eigenvalue weighted by molar-refractivity contribution is 5.59. The quantitative estimate of drug-likeness (QED) is 0.656. The zero-order valence-corrected chi connectivity index (χ0v) is 12.3. The van der Waals surface area contributed by atoms with E-state index < -0.39 is 4.92 Å². The number of nitro benzene ring substituents is 1. The Labute approximate surface area is 124 Å². The molecule has 2 rings (SSSR count). The first-order chi connectivity index (χ1) is 9.94. The fourth-order valence-corrected chi connectivity index (χ4v) is 2.73. The number of piperidine rings is 1. The van der Waals surface area contributed by atoms with Gasteiger partial charge in [-0.15, -0.1) is 0 Å². The van der Waals surface area contributed by atoms with Crippen molar-refractivity contribution in [1.82, 2.24) is 5.32 Å². The summed E-state index contributed by atoms with van der Waals surface area (Å²) in [6.45, 7) is 6.17. The van der Waals surface area contributed by atoms with E-state index >= 15 is 0 Å². The Morgan fingerprint density at radius 3 is 2.95 bits per heavy atom. The summed E-state index contributed by atoms with van der Waals surface area (Å²) in [6, 6.07) is 6.78. The summed E-state index contributed by atoms with van der Waals surface area (Å²) in [5.41, 5.74) is 0.799. The summed E-state index contributed by atoms with van der Waals surface area (Å²) < 4.78 is 0. The van der Waals surface area contributed by atoms with Crippen LogP contribution >= 0.6 is 0 Å². The number of hydrogen-bond donors (Lipinski definition) is 2. The molecule has 0 aliphatic carbocycles. The number of rotatable bonds is 4. The lowest BCUT2D eigenvalue weighted by atomic mass is 9.77. The van der Waals surface area contributed by atoms with Crippen LogP contribution in [-0.2, 0) is 0 Å². The standard InChI is InChI=1S/C15H20N4O2/c1-15(2)6-3-7-17-14(15)10-18-12-5-4-11(9-16)13(8-12)19(20)21/h4-5,8,14,17-18H,3,6-7,10H2,1-2H3. The van der Waals surface area contributed by atoms with E-state index in [1.54, 1.807) is 6.07 Å². The molecule has 112 valence electrons. The first-order valence-corrected chi connectivity index (χ1v) is 7.10. The molecule has 2 N–H and O–H groups in total. The summed E-state index contributed by atoms with van der Waals surface area (Å²) in [6.07, 6.45) is 2.34. The molecule has 1 heterocycles. The second-order valence-electron chi connectivity index (χ2n) is 6.08. The Bertz CT molecular complexity index is 578. The SMILES string of the molecule is CC1(C)CCCNC1CNc1ccc(C#N)c([N+](=O)[O-])c1. The highest BCUT2D eigenvalue weighted by atomic mass is 16.6. The van der Waals surface area contributed by atoms with Crippen LogP contribution in [0, 0.1) is 26.9 Å². The van der Waals surface area contributed by atoms with Gasteiger partial charge in [0, 0.05) is 24.3 Å². The molecule has 0 radical (unpaired) electrons. The van der Waals surface area contributed by atoms with Gasteiger partial charge in [-0.05, 0) is 36.9 Å². The van der Waals surface area contributed by atoms with Crippen molar-refractivity contribution in [3.05, 3.63) is 33.9 Å². The molecule has 1 saturated heterocycles. The van der Waals surface area contributed by atoms with Gasteiger partial charge >= 0.3 is 0 Å². The van der Waals surface area contributed by atoms with Crippen LogP contribution in [0.15, 0.2) is 18.2 Å². The van der Waals surface area contributed by atoms with Gasteiger partial charge in [-0.3, -0.25) is 10.1 Å². The number of nitrogens with one attached hydrogen (secondary N) is 2. The Morgan fingerprint density at radius 1 is 1.57 bits per heavy atom. The van der Waals surface area contributed by atoms with E-state index in [2.05, 4.69) is 24.5 Å². The summed E-state index contributed by atoms with van der Waals surface area (Å²) in [5.74, 6) is 0. The molecule has 0 saturated carbocycles. The highest BCUT2D eigenvalue weighted by Gasteiger charge is 2.31. The van der Waals surface area contributed by atoms with Crippen LogP contribution in [-0.4, -0.2) is 24.1 Å². The van der Waals surface area contributed by atoms with Crippen molar-refractivity contribution in [1.29, 1.82) is 5.26 Å². The lowest BCUT2D eigenvalue weighted by Crippen LogP contribution is -2.50. The third kappa shape index (κ3) is 3.50. The normalized spacial score (nSPS) is 20.5. The third-order valence-electron chi connectivity index (χ3n) is 4.16. The van der Waals surface area contributed by atoms with E-state index in [1.165, 1.54) is 25.0 Å². The summed E-state index contributed by atoms with van der Waals surface area (Å²) >= 11 is 0. The van der Waals surface area contributed by atoms with E-state index in [-0.39, 0.29) is 16.7 Å². The molecule has 1 fully saturated rings. The van der Waals surface area contributed by atoms with E-state index in [0.29, 0.717) is 18.3 Å². The lowest BCUT2D eigenvalue weighted by Gasteiger charge is -2.39. The number of benzene rings is 1. The van der Waals surface area contributed by atoms with Gasteiger partial charge in [0.15, 0.2) is 0 Å². The number of nitrogens with zero attached hydrogens (tertiary/aromatic N) is 2. The summed E-state index contributed by atoms with van der Waals surface area (Å²) in [5, 5.41) is 26.6. The van der Waals surface area contributed by atoms with Crippen molar-refractivity contribution in [2.45, 2.75) is 32.7 Å². The molecule has 1 aromatic rings. The number of nitro groups is 1. The maximum absolute atomic E-state index is 11.0. The average Bonchev–Trinajstić information content (AvgIpc) is 2.45. The predicted octanol–water partition coefficient (Wildman–Crippen LogP) is 2.66. The first kappa shape index (κ1) is 15.3. The van der Waals surface area contributed by atoms with Gasteiger partial charge in [0.25, 0.3) is 5.69 Å². The molecule has 1 aliphatic heterocycles. The molecule has 6 heteroatoms. The Hall–Kier alpha value is -2.13. The second-order valence-corrected chi connectivity index (χ2v) is 6.08. The molecule has 6 nitrogen and oxygen atoms in total. The van der Waals surface area contributed by atoms with Gasteiger partial charge < -0.3 is 10.6 Å². The Morgan fingerprint density at radius 2 is 2.33 bits per heavy atom. The summed E-state index contributed by atoms with van der Waals surface area (Å²) in [4.78, 5) is 10.4. The molecule has 0 bridgehead atoms. The maximum Gasteiger partial charge on any atom is 0.289 e. The fourth-order valence-electron chi connectivity index (χ4n) is 2.73. The second kappa shape index (κ2) is 6.10. The van der Waals surface area contributed by atoms with Crippen LogP contribution in [0.2, 0.25) is 0 Å². The van der Waals surface area contributed by atoms with E-state index in [0.717, 1.165) is 6.54 Å². The smallest absolute Gasteiger partial charge is 0.289 e. The van der Waals surface area contributed by atoms with E-state index in [1.807, 2.05) is 6.07 Å². The van der Waals surface area contributed by atoms with Gasteiger partial charge in [-0.1, -0.05) is 13.8 Å². The van der Waals surface area contributed by atoms with Crippen molar-refractivity contribution >= 4 is 11.4 Å². The average molecular weight is 288 g/mol. The largest absolute Gasteiger partial charge is 0.383 e. The van der Waals surface area contributed by atoms with Gasteiger partial charge in [0.2, 0.25) is 0 Å². The zero-order chi connectivity index (χ0) is 15.5. The topological polar surface area (TPSA) is 91.0 Å². The fraction of sp³-hybridized carbons (Fsp3) is 0.533. The van der Waals surface area contributed by atoms with Crippen LogP contribution in [0.3, 0.4) is 0 Å². The maximum atomic E-state index is 11.0. The minimum atomic E-state index is -0.521. The lowest BCUT2D eigenvalue weighted by molar-refractivity contribution is -0.385.